The molecule has 0 unspecified atom stereocenters. The lowest BCUT2D eigenvalue weighted by Crippen LogP contribution is -2.15. The number of hydrogen-bond donors (Lipinski definition) is 1. The van der Waals surface area contributed by atoms with Crippen LogP contribution in [0.4, 0.5) is 5.69 Å². The van der Waals surface area contributed by atoms with E-state index < -0.39 is 0 Å². The predicted molar refractivity (Wildman–Crippen MR) is 90.6 cm³/mol. The number of oxazole rings is 1. The van der Waals surface area contributed by atoms with Crippen molar-refractivity contribution in [3.63, 3.8) is 0 Å². The number of ether oxygens (including phenoxy) is 2. The Labute approximate surface area is 139 Å². The summed E-state index contributed by atoms with van der Waals surface area (Å²) in [6.07, 6.45) is 0.177. The van der Waals surface area contributed by atoms with Gasteiger partial charge in [-0.1, -0.05) is 0 Å². The van der Waals surface area contributed by atoms with Crippen molar-refractivity contribution in [1.29, 1.82) is 0 Å². The summed E-state index contributed by atoms with van der Waals surface area (Å²) in [5, 5.41) is 2.86. The molecule has 0 saturated heterocycles. The summed E-state index contributed by atoms with van der Waals surface area (Å²) in [5.41, 5.74) is 2.83. The number of amides is 1. The molecule has 124 valence electrons. The van der Waals surface area contributed by atoms with Crippen molar-refractivity contribution in [3.8, 4) is 11.5 Å². The van der Waals surface area contributed by atoms with Crippen LogP contribution >= 0.6 is 0 Å². The van der Waals surface area contributed by atoms with Crippen molar-refractivity contribution in [2.24, 2.45) is 0 Å². The molecular formula is C18H18N2O4. The first-order valence-corrected chi connectivity index (χ1v) is 7.47. The Morgan fingerprint density at radius 1 is 1.17 bits per heavy atom. The summed E-state index contributed by atoms with van der Waals surface area (Å²) >= 11 is 0. The van der Waals surface area contributed by atoms with E-state index in [-0.39, 0.29) is 12.3 Å². The molecule has 24 heavy (non-hydrogen) atoms. The van der Waals surface area contributed by atoms with Crippen molar-refractivity contribution in [1.82, 2.24) is 4.98 Å². The summed E-state index contributed by atoms with van der Waals surface area (Å²) in [6.45, 7) is 1.79. The van der Waals surface area contributed by atoms with Gasteiger partial charge in [0.25, 0.3) is 0 Å². The number of aromatic nitrogens is 1. The first-order valence-electron chi connectivity index (χ1n) is 7.47. The summed E-state index contributed by atoms with van der Waals surface area (Å²) in [5.74, 6) is 1.77. The van der Waals surface area contributed by atoms with E-state index in [9.17, 15) is 4.79 Å². The van der Waals surface area contributed by atoms with E-state index in [1.807, 2.05) is 0 Å². The van der Waals surface area contributed by atoms with Crippen molar-refractivity contribution in [2.75, 3.05) is 19.5 Å². The Bertz CT molecular complexity index is 886. The van der Waals surface area contributed by atoms with E-state index >= 15 is 0 Å². The number of hydrogen-bond acceptors (Lipinski definition) is 5. The zero-order valence-electron chi connectivity index (χ0n) is 13.8. The van der Waals surface area contributed by atoms with E-state index in [0.717, 1.165) is 5.56 Å². The number of fused-ring (bicyclic) bond motifs is 1. The van der Waals surface area contributed by atoms with Crippen LogP contribution in [0.15, 0.2) is 40.8 Å². The molecule has 0 aliphatic carbocycles. The summed E-state index contributed by atoms with van der Waals surface area (Å²) < 4.78 is 15.9. The Kier molecular flexibility index (Phi) is 4.37. The molecule has 0 radical (unpaired) electrons. The van der Waals surface area contributed by atoms with Gasteiger partial charge in [0.05, 0.1) is 20.6 Å². The summed E-state index contributed by atoms with van der Waals surface area (Å²) in [4.78, 5) is 16.6. The maximum Gasteiger partial charge on any atom is 0.228 e. The van der Waals surface area contributed by atoms with Crippen LogP contribution in [0.5, 0.6) is 11.5 Å². The Morgan fingerprint density at radius 3 is 2.75 bits per heavy atom. The van der Waals surface area contributed by atoms with Gasteiger partial charge >= 0.3 is 0 Å². The molecular weight excluding hydrogens is 308 g/mol. The number of anilines is 1. The highest BCUT2D eigenvalue weighted by Crippen LogP contribution is 2.25. The molecule has 3 aromatic rings. The number of carbonyl (C=O) groups is 1. The molecule has 0 atom stereocenters. The number of aryl methyl sites for hydroxylation is 1. The fourth-order valence-corrected chi connectivity index (χ4v) is 2.52. The van der Waals surface area contributed by atoms with Crippen LogP contribution in [0.1, 0.15) is 11.5 Å². The molecule has 0 saturated carbocycles. The summed E-state index contributed by atoms with van der Waals surface area (Å²) in [6, 6.07) is 10.7. The van der Waals surface area contributed by atoms with E-state index in [2.05, 4.69) is 10.3 Å². The van der Waals surface area contributed by atoms with Crippen LogP contribution in [0.25, 0.3) is 11.1 Å². The van der Waals surface area contributed by atoms with Crippen LogP contribution in [-0.4, -0.2) is 25.1 Å². The molecule has 1 heterocycles. The Hall–Kier alpha value is -3.02. The largest absolute Gasteiger partial charge is 0.497 e. The second-order valence-corrected chi connectivity index (χ2v) is 5.32. The number of methoxy groups -OCH3 is 2. The van der Waals surface area contributed by atoms with Gasteiger partial charge in [0.1, 0.15) is 17.0 Å². The Balaban J connectivity index is 1.77. The number of rotatable bonds is 5. The van der Waals surface area contributed by atoms with Gasteiger partial charge in [-0.15, -0.1) is 0 Å². The van der Waals surface area contributed by atoms with E-state index in [1.165, 1.54) is 0 Å². The molecule has 0 bridgehead atoms. The molecule has 0 aliphatic rings. The van der Waals surface area contributed by atoms with E-state index in [0.29, 0.717) is 34.2 Å². The number of benzene rings is 2. The van der Waals surface area contributed by atoms with E-state index in [1.54, 1.807) is 57.5 Å². The second kappa shape index (κ2) is 6.62. The highest BCUT2D eigenvalue weighted by atomic mass is 16.5. The maximum atomic E-state index is 12.3. The van der Waals surface area contributed by atoms with Crippen molar-refractivity contribution < 1.29 is 18.7 Å². The summed E-state index contributed by atoms with van der Waals surface area (Å²) in [7, 11) is 3.16. The standard InChI is InChI=1S/C18H18N2O4/c1-11-19-15-10-13(4-6-17(15)24-11)20-18(21)9-12-8-14(22-2)5-7-16(12)23-3/h4-8,10H,9H2,1-3H3,(H,20,21). The van der Waals surface area contributed by atoms with Crippen LogP contribution in [0, 0.1) is 6.92 Å². The normalized spacial score (nSPS) is 10.6. The quantitative estimate of drug-likeness (QED) is 0.778. The Morgan fingerprint density at radius 2 is 2.00 bits per heavy atom. The molecule has 6 heteroatoms. The molecule has 1 N–H and O–H groups in total. The highest BCUT2D eigenvalue weighted by Gasteiger charge is 2.11. The lowest BCUT2D eigenvalue weighted by molar-refractivity contribution is -0.115. The molecule has 1 amide bonds. The third-order valence-corrected chi connectivity index (χ3v) is 3.62. The molecule has 2 aromatic carbocycles. The molecule has 0 spiro atoms. The number of nitrogens with zero attached hydrogens (tertiary/aromatic N) is 1. The smallest absolute Gasteiger partial charge is 0.228 e. The molecule has 1 aromatic heterocycles. The second-order valence-electron chi connectivity index (χ2n) is 5.32. The van der Waals surface area contributed by atoms with Crippen molar-refractivity contribution >= 4 is 22.7 Å². The number of carbonyl (C=O) groups excluding carboxylic acids is 1. The third-order valence-electron chi connectivity index (χ3n) is 3.62. The highest BCUT2D eigenvalue weighted by molar-refractivity contribution is 5.94. The van der Waals surface area contributed by atoms with Crippen LogP contribution in [0.3, 0.4) is 0 Å². The SMILES string of the molecule is COc1ccc(OC)c(CC(=O)Nc2ccc3oc(C)nc3c2)c1. The van der Waals surface area contributed by atoms with Crippen LogP contribution in [-0.2, 0) is 11.2 Å². The van der Waals surface area contributed by atoms with Gasteiger partial charge in [-0.3, -0.25) is 4.79 Å². The fourth-order valence-electron chi connectivity index (χ4n) is 2.52. The maximum absolute atomic E-state index is 12.3. The first-order chi connectivity index (χ1) is 11.6. The minimum atomic E-state index is -0.152. The number of nitrogens with one attached hydrogen (secondary N) is 1. The topological polar surface area (TPSA) is 73.6 Å². The minimum Gasteiger partial charge on any atom is -0.497 e. The van der Waals surface area contributed by atoms with Gasteiger partial charge in [0, 0.05) is 18.2 Å². The zero-order valence-corrected chi connectivity index (χ0v) is 13.8. The van der Waals surface area contributed by atoms with Gasteiger partial charge in [0.2, 0.25) is 5.91 Å². The van der Waals surface area contributed by atoms with Crippen LogP contribution in [0.2, 0.25) is 0 Å². The van der Waals surface area contributed by atoms with Crippen molar-refractivity contribution in [3.05, 3.63) is 47.9 Å². The fraction of sp³-hybridized carbons (Fsp3) is 0.222. The molecule has 3 rings (SSSR count). The van der Waals surface area contributed by atoms with Gasteiger partial charge < -0.3 is 19.2 Å². The average Bonchev–Trinajstić information content (AvgIpc) is 2.94. The monoisotopic (exact) mass is 326 g/mol. The lowest BCUT2D eigenvalue weighted by Gasteiger charge is -2.11. The minimum absolute atomic E-state index is 0.152. The average molecular weight is 326 g/mol. The van der Waals surface area contributed by atoms with Gasteiger partial charge in [0.15, 0.2) is 11.5 Å². The zero-order chi connectivity index (χ0) is 17.1. The molecule has 6 nitrogen and oxygen atoms in total. The third kappa shape index (κ3) is 3.32. The van der Waals surface area contributed by atoms with Crippen LogP contribution < -0.4 is 14.8 Å². The molecule has 0 aliphatic heterocycles. The first kappa shape index (κ1) is 15.9. The lowest BCUT2D eigenvalue weighted by atomic mass is 10.1. The van der Waals surface area contributed by atoms with Gasteiger partial charge in [-0.2, -0.15) is 0 Å². The molecule has 0 fully saturated rings. The van der Waals surface area contributed by atoms with Crippen molar-refractivity contribution in [2.45, 2.75) is 13.3 Å². The predicted octanol–water partition coefficient (Wildman–Crippen LogP) is 3.33. The van der Waals surface area contributed by atoms with E-state index in [4.69, 9.17) is 13.9 Å². The van der Waals surface area contributed by atoms with Gasteiger partial charge in [-0.25, -0.2) is 4.98 Å². The van der Waals surface area contributed by atoms with Gasteiger partial charge in [-0.05, 0) is 36.4 Å².